The summed E-state index contributed by atoms with van der Waals surface area (Å²) >= 11 is 0. The second-order valence-corrected chi connectivity index (χ2v) is 5.65. The Labute approximate surface area is 116 Å². The Morgan fingerprint density at radius 3 is 3.05 bits per heavy atom. The lowest BCUT2D eigenvalue weighted by atomic mass is 9.81. The van der Waals surface area contributed by atoms with Crippen molar-refractivity contribution >= 4 is 5.82 Å². The molecule has 2 unspecified atom stereocenters. The van der Waals surface area contributed by atoms with Crippen LogP contribution >= 0.6 is 0 Å². The summed E-state index contributed by atoms with van der Waals surface area (Å²) in [6.07, 6.45) is 6.88. The number of hydrogen-bond donors (Lipinski definition) is 1. The van der Waals surface area contributed by atoms with Crippen molar-refractivity contribution in [3.8, 4) is 5.88 Å². The first kappa shape index (κ1) is 14.2. The van der Waals surface area contributed by atoms with Gasteiger partial charge in [0, 0.05) is 12.6 Å². The van der Waals surface area contributed by atoms with Crippen LogP contribution in [0.25, 0.3) is 0 Å². The molecule has 0 amide bonds. The summed E-state index contributed by atoms with van der Waals surface area (Å²) in [5, 5.41) is 3.41. The van der Waals surface area contributed by atoms with Crippen molar-refractivity contribution < 1.29 is 4.74 Å². The van der Waals surface area contributed by atoms with E-state index in [0.29, 0.717) is 12.5 Å². The van der Waals surface area contributed by atoms with Gasteiger partial charge in [0.25, 0.3) is 0 Å². The van der Waals surface area contributed by atoms with Gasteiger partial charge in [-0.1, -0.05) is 32.3 Å². The highest BCUT2D eigenvalue weighted by molar-refractivity contribution is 5.36. The molecular weight excluding hydrogens is 236 g/mol. The first-order valence-electron chi connectivity index (χ1n) is 7.61. The van der Waals surface area contributed by atoms with Crippen molar-refractivity contribution in [1.82, 2.24) is 4.98 Å². The molecule has 1 saturated carbocycles. The van der Waals surface area contributed by atoms with Crippen LogP contribution in [0.3, 0.4) is 0 Å². The number of nitrogens with zero attached hydrogens (tertiary/aromatic N) is 1. The quantitative estimate of drug-likeness (QED) is 0.837. The summed E-state index contributed by atoms with van der Waals surface area (Å²) in [5.41, 5.74) is 0. The average Bonchev–Trinajstić information content (AvgIpc) is 2.40. The third kappa shape index (κ3) is 4.73. The minimum Gasteiger partial charge on any atom is -0.478 e. The fraction of sp³-hybridized carbons (Fsp3) is 0.688. The molecule has 2 rings (SSSR count). The molecule has 1 aliphatic carbocycles. The zero-order valence-corrected chi connectivity index (χ0v) is 12.2. The molecule has 0 aromatic carbocycles. The summed E-state index contributed by atoms with van der Waals surface area (Å²) in [4.78, 5) is 4.43. The van der Waals surface area contributed by atoms with Gasteiger partial charge in [-0.15, -0.1) is 0 Å². The third-order valence-electron chi connectivity index (χ3n) is 3.92. The first-order chi connectivity index (χ1) is 9.28. The van der Waals surface area contributed by atoms with E-state index in [9.17, 15) is 0 Å². The molecule has 106 valence electrons. The molecule has 19 heavy (non-hydrogen) atoms. The molecule has 2 atom stereocenters. The molecule has 1 aromatic heterocycles. The molecule has 1 aliphatic rings. The van der Waals surface area contributed by atoms with Crippen LogP contribution in [-0.4, -0.2) is 18.1 Å². The summed E-state index contributed by atoms with van der Waals surface area (Å²) in [6, 6.07) is 5.90. The summed E-state index contributed by atoms with van der Waals surface area (Å²) in [5.74, 6) is 3.44. The summed E-state index contributed by atoms with van der Waals surface area (Å²) in [7, 11) is 0. The van der Waals surface area contributed by atoms with Gasteiger partial charge in [0.05, 0.1) is 6.61 Å². The fourth-order valence-electron chi connectivity index (χ4n) is 2.97. The second-order valence-electron chi connectivity index (χ2n) is 5.65. The molecule has 0 aliphatic heterocycles. The number of anilines is 1. The molecule has 3 heteroatoms. The Morgan fingerprint density at radius 2 is 2.26 bits per heavy atom. The van der Waals surface area contributed by atoms with Gasteiger partial charge in [-0.2, -0.15) is 4.98 Å². The van der Waals surface area contributed by atoms with Crippen molar-refractivity contribution in [3.05, 3.63) is 18.2 Å². The summed E-state index contributed by atoms with van der Waals surface area (Å²) in [6.45, 7) is 6.04. The van der Waals surface area contributed by atoms with Crippen molar-refractivity contribution in [2.24, 2.45) is 11.8 Å². The Morgan fingerprint density at radius 1 is 1.37 bits per heavy atom. The number of rotatable bonds is 6. The maximum absolute atomic E-state index is 5.41. The highest BCUT2D eigenvalue weighted by Crippen LogP contribution is 2.30. The van der Waals surface area contributed by atoms with Crippen LogP contribution in [-0.2, 0) is 0 Å². The van der Waals surface area contributed by atoms with Crippen molar-refractivity contribution in [2.75, 3.05) is 18.5 Å². The van der Waals surface area contributed by atoms with Gasteiger partial charge in [-0.25, -0.2) is 0 Å². The topological polar surface area (TPSA) is 34.1 Å². The van der Waals surface area contributed by atoms with Crippen LogP contribution in [0.1, 0.15) is 46.0 Å². The van der Waals surface area contributed by atoms with Gasteiger partial charge in [-0.3, -0.25) is 0 Å². The van der Waals surface area contributed by atoms with E-state index in [0.717, 1.165) is 24.2 Å². The Balaban J connectivity index is 1.74. The normalized spacial score (nSPS) is 23.1. The molecule has 3 nitrogen and oxygen atoms in total. The van der Waals surface area contributed by atoms with Crippen molar-refractivity contribution in [1.29, 1.82) is 0 Å². The molecular formula is C16H26N2O. The van der Waals surface area contributed by atoms with E-state index in [1.54, 1.807) is 0 Å². The highest BCUT2D eigenvalue weighted by Gasteiger charge is 2.18. The summed E-state index contributed by atoms with van der Waals surface area (Å²) < 4.78 is 5.41. The largest absolute Gasteiger partial charge is 0.478 e. The maximum Gasteiger partial charge on any atom is 0.215 e. The standard InChI is InChI=1S/C16H26N2O/c1-3-19-16-9-5-8-15(18-16)17-11-10-14-7-4-6-13(2)12-14/h5,8-9,13-14H,3-4,6-7,10-12H2,1-2H3,(H,17,18). The van der Waals surface area contributed by atoms with Gasteiger partial charge in [-0.05, 0) is 37.7 Å². The highest BCUT2D eigenvalue weighted by atomic mass is 16.5. The van der Waals surface area contributed by atoms with E-state index < -0.39 is 0 Å². The van der Waals surface area contributed by atoms with Crippen LogP contribution < -0.4 is 10.1 Å². The van der Waals surface area contributed by atoms with Crippen LogP contribution in [0.15, 0.2) is 18.2 Å². The number of hydrogen-bond acceptors (Lipinski definition) is 3. The lowest BCUT2D eigenvalue weighted by Gasteiger charge is -2.26. The Kier molecular flexibility index (Phi) is 5.49. The van der Waals surface area contributed by atoms with Crippen molar-refractivity contribution in [2.45, 2.75) is 46.0 Å². The van der Waals surface area contributed by atoms with E-state index >= 15 is 0 Å². The van der Waals surface area contributed by atoms with E-state index in [4.69, 9.17) is 4.74 Å². The zero-order chi connectivity index (χ0) is 13.5. The smallest absolute Gasteiger partial charge is 0.215 e. The number of ether oxygens (including phenoxy) is 1. The molecule has 1 aromatic rings. The Bertz CT molecular complexity index is 381. The zero-order valence-electron chi connectivity index (χ0n) is 12.2. The maximum atomic E-state index is 5.41. The second kappa shape index (κ2) is 7.37. The predicted molar refractivity (Wildman–Crippen MR) is 79.6 cm³/mol. The molecule has 1 heterocycles. The Hall–Kier alpha value is -1.25. The number of pyridine rings is 1. The lowest BCUT2D eigenvalue weighted by Crippen LogP contribution is -2.16. The van der Waals surface area contributed by atoms with Gasteiger partial charge in [0.1, 0.15) is 5.82 Å². The first-order valence-corrected chi connectivity index (χ1v) is 7.61. The van der Waals surface area contributed by atoms with E-state index in [-0.39, 0.29) is 0 Å². The minimum atomic E-state index is 0.663. The van der Waals surface area contributed by atoms with Crippen molar-refractivity contribution in [3.63, 3.8) is 0 Å². The monoisotopic (exact) mass is 262 g/mol. The molecule has 0 spiro atoms. The van der Waals surface area contributed by atoms with E-state index in [1.165, 1.54) is 32.1 Å². The molecule has 0 radical (unpaired) electrons. The molecule has 0 bridgehead atoms. The van der Waals surface area contributed by atoms with Crippen LogP contribution in [0.4, 0.5) is 5.82 Å². The van der Waals surface area contributed by atoms with Gasteiger partial charge in [0.2, 0.25) is 5.88 Å². The molecule has 1 N–H and O–H groups in total. The SMILES string of the molecule is CCOc1cccc(NCCC2CCCC(C)C2)n1. The van der Waals surface area contributed by atoms with Crippen LogP contribution in [0.5, 0.6) is 5.88 Å². The van der Waals surface area contributed by atoms with Crippen LogP contribution in [0, 0.1) is 11.8 Å². The van der Waals surface area contributed by atoms with Crippen LogP contribution in [0.2, 0.25) is 0 Å². The van der Waals surface area contributed by atoms with E-state index in [2.05, 4.69) is 17.2 Å². The van der Waals surface area contributed by atoms with Gasteiger partial charge >= 0.3 is 0 Å². The number of aromatic nitrogens is 1. The average molecular weight is 262 g/mol. The fourth-order valence-corrected chi connectivity index (χ4v) is 2.97. The van der Waals surface area contributed by atoms with Gasteiger partial charge < -0.3 is 10.1 Å². The third-order valence-corrected chi connectivity index (χ3v) is 3.92. The molecule has 1 fully saturated rings. The predicted octanol–water partition coefficient (Wildman–Crippen LogP) is 4.11. The lowest BCUT2D eigenvalue weighted by molar-refractivity contribution is 0.274. The number of nitrogens with one attached hydrogen (secondary N) is 1. The minimum absolute atomic E-state index is 0.663. The van der Waals surface area contributed by atoms with Gasteiger partial charge in [0.15, 0.2) is 0 Å². The molecule has 0 saturated heterocycles. The van der Waals surface area contributed by atoms with E-state index in [1.807, 2.05) is 25.1 Å².